The molecule has 7 nitrogen and oxygen atoms in total. The quantitative estimate of drug-likeness (QED) is 0.0597. The summed E-state index contributed by atoms with van der Waals surface area (Å²) in [6.07, 6.45) is 0.562. The van der Waals surface area contributed by atoms with E-state index in [1.807, 2.05) is 18.2 Å². The van der Waals surface area contributed by atoms with E-state index in [1.165, 1.54) is 15.9 Å². The van der Waals surface area contributed by atoms with Crippen LogP contribution in [0.1, 0.15) is 12.5 Å². The van der Waals surface area contributed by atoms with Gasteiger partial charge in [-0.1, -0.05) is 54.6 Å². The fourth-order valence-corrected chi connectivity index (χ4v) is 8.39. The number of nitrogens with zero attached hydrogens (tertiary/aromatic N) is 4. The van der Waals surface area contributed by atoms with Crippen molar-refractivity contribution in [3.05, 3.63) is 121 Å². The third-order valence-corrected chi connectivity index (χ3v) is 11.0. The number of aromatic hydroxyl groups is 1. The fraction of sp³-hybridized carbons (Fsp3) is 0.0968. The molecule has 3 N–H and O–H groups in total. The van der Waals surface area contributed by atoms with Crippen molar-refractivity contribution in [1.82, 2.24) is 10.6 Å². The van der Waals surface area contributed by atoms with Crippen LogP contribution >= 0.6 is 7.26 Å². The first-order valence-corrected chi connectivity index (χ1v) is 15.6. The van der Waals surface area contributed by atoms with Crippen LogP contribution < -0.4 is 43.5 Å². The average Bonchev–Trinajstić information content (AvgIpc) is 3.02. The summed E-state index contributed by atoms with van der Waals surface area (Å²) < 4.78 is 0. The average molecular weight is 741 g/mol. The van der Waals surface area contributed by atoms with Crippen LogP contribution in [-0.2, 0) is 42.3 Å². The molecule has 0 unspecified atom stereocenters. The van der Waals surface area contributed by atoms with E-state index < -0.39 is 7.26 Å². The van der Waals surface area contributed by atoms with Crippen LogP contribution in [0.3, 0.4) is 0 Å². The van der Waals surface area contributed by atoms with Gasteiger partial charge in [0.25, 0.3) is 0 Å². The van der Waals surface area contributed by atoms with Crippen LogP contribution in [0.15, 0.2) is 136 Å². The van der Waals surface area contributed by atoms with E-state index in [-0.39, 0.29) is 50.1 Å². The normalized spacial score (nSPS) is 12.5. The summed E-state index contributed by atoms with van der Waals surface area (Å²) in [6, 6.07) is 38.2. The van der Waals surface area contributed by atoms with Crippen LogP contribution in [0.4, 0.5) is 0 Å². The number of hydrogen-bond acceptors (Lipinski definition) is 7. The van der Waals surface area contributed by atoms with E-state index in [2.05, 4.69) is 104 Å². The molecule has 0 saturated carbocycles. The van der Waals surface area contributed by atoms with Gasteiger partial charge in [0.15, 0.2) is 0 Å². The van der Waals surface area contributed by atoms with Crippen molar-refractivity contribution in [3.63, 3.8) is 0 Å². The molecule has 0 saturated heterocycles. The molecule has 1 radical (unpaired) electrons. The zero-order chi connectivity index (χ0) is 29.1. The molecule has 0 aliphatic rings. The number of halogens is 1. The number of nitrogens with one attached hydrogen (secondary N) is 2. The van der Waals surface area contributed by atoms with E-state index >= 15 is 0 Å². The van der Waals surface area contributed by atoms with Crippen LogP contribution in [0.5, 0.6) is 5.75 Å². The first-order valence-electron chi connectivity index (χ1n) is 12.8. The first kappa shape index (κ1) is 36.0. The van der Waals surface area contributed by atoms with Crippen molar-refractivity contribution in [3.8, 4) is 5.75 Å². The minimum absolute atomic E-state index is 0. The molecule has 0 amide bonds. The summed E-state index contributed by atoms with van der Waals surface area (Å²) in [4.78, 5) is 0. The molecule has 0 spiro atoms. The van der Waals surface area contributed by atoms with Gasteiger partial charge in [0.05, 0.1) is 5.71 Å². The van der Waals surface area contributed by atoms with Crippen LogP contribution in [-0.4, -0.2) is 40.2 Å². The Hall–Kier alpha value is -3.17. The SMILES string of the molecule is CNC([S-])=NN=C(C(C)=NN=C([S-])NC[P+](c1ccccc1)(c1ccccc1)c1ccccc1)c1ccc(O)cc1.[Br-].[Cu+2]. The number of benzene rings is 4. The predicted octanol–water partition coefficient (Wildman–Crippen LogP) is 1.04. The second-order valence-corrected chi connectivity index (χ2v) is 13.2. The van der Waals surface area contributed by atoms with Crippen LogP contribution in [0, 0.1) is 0 Å². The Bertz CT molecular complexity index is 1460. The molecular formula is C31H30BrCuN6OPS2. The molecule has 12 heteroatoms. The molecule has 4 rings (SSSR count). The molecular weight excluding hydrogens is 711 g/mol. The number of rotatable bonds is 9. The summed E-state index contributed by atoms with van der Waals surface area (Å²) in [5.41, 5.74) is 1.63. The minimum Gasteiger partial charge on any atom is -1.00 e. The van der Waals surface area contributed by atoms with Gasteiger partial charge in [0.1, 0.15) is 40.9 Å². The summed E-state index contributed by atoms with van der Waals surface area (Å²) in [5.74, 6) is 0.141. The third kappa shape index (κ3) is 9.41. The van der Waals surface area contributed by atoms with Crippen LogP contribution in [0.2, 0.25) is 0 Å². The number of phenolic OH excluding ortho intramolecular Hbond substituents is 1. The zero-order valence-electron chi connectivity index (χ0n) is 23.4. The van der Waals surface area contributed by atoms with E-state index in [0.717, 1.165) is 0 Å². The van der Waals surface area contributed by atoms with Gasteiger partial charge in [-0.3, -0.25) is 0 Å². The summed E-state index contributed by atoms with van der Waals surface area (Å²) in [7, 11) is -0.471. The van der Waals surface area contributed by atoms with Gasteiger partial charge in [-0.05, 0) is 72.8 Å². The molecule has 0 aliphatic carbocycles. The Labute approximate surface area is 285 Å². The molecule has 43 heavy (non-hydrogen) atoms. The van der Waals surface area contributed by atoms with Gasteiger partial charge < -0.3 is 58.0 Å². The van der Waals surface area contributed by atoms with Crippen molar-refractivity contribution < 1.29 is 39.2 Å². The number of amidine groups is 2. The van der Waals surface area contributed by atoms with Crippen LogP contribution in [0.25, 0.3) is 0 Å². The van der Waals surface area contributed by atoms with E-state index in [4.69, 9.17) is 25.3 Å². The Kier molecular flexibility index (Phi) is 14.9. The smallest absolute Gasteiger partial charge is 1.00 e. The van der Waals surface area contributed by atoms with Gasteiger partial charge >= 0.3 is 17.1 Å². The second kappa shape index (κ2) is 17.8. The van der Waals surface area contributed by atoms with Gasteiger partial charge in [-0.2, -0.15) is 15.3 Å². The number of hydrogen-bond donors (Lipinski definition) is 3. The maximum Gasteiger partial charge on any atom is 2.00 e. The largest absolute Gasteiger partial charge is 2.00 e. The molecule has 0 aliphatic heterocycles. The molecule has 0 fully saturated rings. The third-order valence-electron chi connectivity index (χ3n) is 6.29. The Morgan fingerprint density at radius 2 is 1.12 bits per heavy atom. The first-order chi connectivity index (χ1) is 19.9. The summed E-state index contributed by atoms with van der Waals surface area (Å²) in [6.45, 7) is 1.77. The molecule has 0 atom stereocenters. The van der Waals surface area contributed by atoms with Crippen molar-refractivity contribution >= 4 is 70.2 Å². The maximum absolute atomic E-state index is 9.72. The van der Waals surface area contributed by atoms with Crippen molar-refractivity contribution in [2.45, 2.75) is 6.92 Å². The van der Waals surface area contributed by atoms with Gasteiger partial charge in [0, 0.05) is 17.8 Å². The topological polar surface area (TPSA) is 93.7 Å². The molecule has 0 aromatic heterocycles. The molecule has 4 aromatic carbocycles. The van der Waals surface area contributed by atoms with Crippen molar-refractivity contribution in [2.24, 2.45) is 20.4 Å². The fourth-order valence-electron chi connectivity index (χ4n) is 4.26. The minimum atomic E-state index is -2.14. The predicted molar refractivity (Wildman–Crippen MR) is 180 cm³/mol. The molecule has 225 valence electrons. The standard InChI is InChI=1S/C31H31N6OPS2.BrH.Cu/c1-23(29(35-36-30(40)32-2)24-18-20-25(38)21-19-24)34-37-31(41)33-22-39(26-12-6-3-7-13-26,27-14-8-4-9-15-27)28-16-10-5-11-17-28;;/h3-21H,22H2,1-2H3,(H4-,32,33,34,35,36,37,38,40,41);1H;/q;;+2/p-2. The van der Waals surface area contributed by atoms with E-state index in [1.54, 1.807) is 38.2 Å². The second-order valence-electron chi connectivity index (χ2n) is 8.89. The van der Waals surface area contributed by atoms with E-state index in [9.17, 15) is 5.11 Å². The Morgan fingerprint density at radius 1 is 0.674 bits per heavy atom. The Morgan fingerprint density at radius 3 is 1.56 bits per heavy atom. The number of phenols is 1. The Balaban J connectivity index is 0.00000323. The summed E-state index contributed by atoms with van der Waals surface area (Å²) >= 11 is 10.8. The van der Waals surface area contributed by atoms with Gasteiger partial charge in [-0.25, -0.2) is 0 Å². The monoisotopic (exact) mass is 739 g/mol. The van der Waals surface area contributed by atoms with Gasteiger partial charge in [0.2, 0.25) is 0 Å². The molecule has 0 heterocycles. The maximum atomic E-state index is 9.72. The van der Waals surface area contributed by atoms with E-state index in [0.29, 0.717) is 23.3 Å². The van der Waals surface area contributed by atoms with Crippen molar-refractivity contribution in [1.29, 1.82) is 0 Å². The molecule has 0 bridgehead atoms. The zero-order valence-corrected chi connectivity index (χ0v) is 28.4. The summed E-state index contributed by atoms with van der Waals surface area (Å²) in [5, 5.41) is 37.1. The van der Waals surface area contributed by atoms with Crippen molar-refractivity contribution in [2.75, 3.05) is 13.3 Å². The van der Waals surface area contributed by atoms with Gasteiger partial charge in [-0.15, -0.1) is 5.10 Å². The molecule has 4 aromatic rings.